The van der Waals surface area contributed by atoms with Gasteiger partial charge in [0.2, 0.25) is 0 Å². The molecule has 0 fully saturated rings. The van der Waals surface area contributed by atoms with Crippen molar-refractivity contribution in [2.45, 2.75) is 0 Å². The third-order valence-electron chi connectivity index (χ3n) is 6.94. The van der Waals surface area contributed by atoms with Gasteiger partial charge in [0.05, 0.1) is 22.1 Å². The smallest absolute Gasteiger partial charge is 0.140 e. The van der Waals surface area contributed by atoms with Gasteiger partial charge in [-0.05, 0) is 35.9 Å². The summed E-state index contributed by atoms with van der Waals surface area (Å²) in [6.07, 6.45) is 0. The first-order valence-corrected chi connectivity index (χ1v) is 11.9. The highest BCUT2D eigenvalue weighted by Crippen LogP contribution is 2.36. The minimum absolute atomic E-state index is 0.968. The van der Waals surface area contributed by atoms with Gasteiger partial charge < -0.3 is 9.13 Å². The van der Waals surface area contributed by atoms with Crippen molar-refractivity contribution in [1.29, 1.82) is 0 Å². The van der Waals surface area contributed by atoms with Crippen LogP contribution < -0.4 is 0 Å². The molecule has 0 unspecified atom stereocenters. The van der Waals surface area contributed by atoms with Crippen LogP contribution in [0.4, 0.5) is 0 Å². The fraction of sp³-hybridized carbons (Fsp3) is 0.0312. The Morgan fingerprint density at radius 1 is 0.543 bits per heavy atom. The van der Waals surface area contributed by atoms with Crippen molar-refractivity contribution in [3.05, 3.63) is 121 Å². The molecule has 0 aliphatic carbocycles. The van der Waals surface area contributed by atoms with Gasteiger partial charge in [-0.15, -0.1) is 0 Å². The van der Waals surface area contributed by atoms with Gasteiger partial charge in [0, 0.05) is 34.6 Å². The number of hydrogen-bond donors (Lipinski definition) is 0. The van der Waals surface area contributed by atoms with Gasteiger partial charge in [-0.1, -0.05) is 91.0 Å². The van der Waals surface area contributed by atoms with E-state index in [2.05, 4.69) is 138 Å². The summed E-state index contributed by atoms with van der Waals surface area (Å²) in [4.78, 5) is 5.18. The normalized spacial score (nSPS) is 11.6. The number of nitrogens with zero attached hydrogens (tertiary/aromatic N) is 3. The Labute approximate surface area is 203 Å². The molecule has 0 spiro atoms. The number of aromatic nitrogens is 3. The van der Waals surface area contributed by atoms with E-state index in [-0.39, 0.29) is 0 Å². The molecule has 0 aliphatic heterocycles. The molecule has 0 saturated carbocycles. The Morgan fingerprint density at radius 3 is 2.06 bits per heavy atom. The zero-order valence-corrected chi connectivity index (χ0v) is 19.4. The zero-order chi connectivity index (χ0) is 23.4. The monoisotopic (exact) mass is 449 g/mol. The summed E-state index contributed by atoms with van der Waals surface area (Å²) < 4.78 is 4.56. The van der Waals surface area contributed by atoms with Gasteiger partial charge in [0.15, 0.2) is 0 Å². The Balaban J connectivity index is 1.49. The highest BCUT2D eigenvalue weighted by Gasteiger charge is 2.17. The maximum absolute atomic E-state index is 5.18. The summed E-state index contributed by atoms with van der Waals surface area (Å²) in [5.41, 5.74) is 9.16. The highest BCUT2D eigenvalue weighted by atomic mass is 15.1. The fourth-order valence-electron chi connectivity index (χ4n) is 5.29. The number of rotatable bonds is 3. The predicted octanol–water partition coefficient (Wildman–Crippen LogP) is 8.00. The SMILES string of the molecule is Cn1c(-c2ccc3c4ccccc4n(-c4ccccc4)c3c2)nc2c(-c3ccccc3)cccc21. The molecule has 3 nitrogen and oxygen atoms in total. The maximum Gasteiger partial charge on any atom is 0.140 e. The molecule has 0 radical (unpaired) electrons. The van der Waals surface area contributed by atoms with Gasteiger partial charge in [0.1, 0.15) is 5.82 Å². The van der Waals surface area contributed by atoms with E-state index >= 15 is 0 Å². The van der Waals surface area contributed by atoms with Crippen LogP contribution in [0.3, 0.4) is 0 Å². The molecule has 35 heavy (non-hydrogen) atoms. The minimum Gasteiger partial charge on any atom is -0.327 e. The Kier molecular flexibility index (Phi) is 4.36. The lowest BCUT2D eigenvalue weighted by Gasteiger charge is -2.09. The molecule has 0 saturated heterocycles. The first kappa shape index (κ1) is 19.8. The fourth-order valence-corrected chi connectivity index (χ4v) is 5.29. The van der Waals surface area contributed by atoms with Gasteiger partial charge in [0.25, 0.3) is 0 Å². The van der Waals surface area contributed by atoms with E-state index in [1.807, 2.05) is 0 Å². The van der Waals surface area contributed by atoms with Gasteiger partial charge >= 0.3 is 0 Å². The minimum atomic E-state index is 0.968. The van der Waals surface area contributed by atoms with Crippen molar-refractivity contribution in [2.75, 3.05) is 0 Å². The van der Waals surface area contributed by atoms with Crippen LogP contribution in [0.15, 0.2) is 121 Å². The Morgan fingerprint density at radius 2 is 1.23 bits per heavy atom. The lowest BCUT2D eigenvalue weighted by Crippen LogP contribution is -1.95. The summed E-state index contributed by atoms with van der Waals surface area (Å²) in [5.74, 6) is 0.968. The molecule has 3 heteroatoms. The van der Waals surface area contributed by atoms with E-state index in [0.29, 0.717) is 0 Å². The molecule has 7 rings (SSSR count). The van der Waals surface area contributed by atoms with Crippen LogP contribution in [0.5, 0.6) is 0 Å². The molecule has 5 aromatic carbocycles. The first-order chi connectivity index (χ1) is 17.3. The molecule has 166 valence electrons. The molecular weight excluding hydrogens is 426 g/mol. The number of hydrogen-bond acceptors (Lipinski definition) is 1. The van der Waals surface area contributed by atoms with Crippen molar-refractivity contribution in [3.63, 3.8) is 0 Å². The van der Waals surface area contributed by atoms with Crippen LogP contribution in [0.1, 0.15) is 0 Å². The van der Waals surface area contributed by atoms with Crippen molar-refractivity contribution in [1.82, 2.24) is 14.1 Å². The predicted molar refractivity (Wildman–Crippen MR) is 146 cm³/mol. The van der Waals surface area contributed by atoms with E-state index in [4.69, 9.17) is 4.98 Å². The number of para-hydroxylation sites is 3. The second-order valence-corrected chi connectivity index (χ2v) is 8.95. The highest BCUT2D eigenvalue weighted by molar-refractivity contribution is 6.10. The van der Waals surface area contributed by atoms with Gasteiger partial charge in [-0.2, -0.15) is 0 Å². The molecule has 0 aliphatic rings. The lowest BCUT2D eigenvalue weighted by atomic mass is 10.0. The molecule has 7 aromatic rings. The van der Waals surface area contributed by atoms with Crippen molar-refractivity contribution >= 4 is 32.8 Å². The summed E-state index contributed by atoms with van der Waals surface area (Å²) in [7, 11) is 2.11. The van der Waals surface area contributed by atoms with Crippen LogP contribution in [0, 0.1) is 0 Å². The Hall–Kier alpha value is -4.63. The van der Waals surface area contributed by atoms with E-state index < -0.39 is 0 Å². The van der Waals surface area contributed by atoms with Crippen LogP contribution in [0.25, 0.3) is 61.0 Å². The third kappa shape index (κ3) is 3.02. The standard InChI is InChI=1S/C32H23N3/c1-34-29-18-10-16-25(22-11-4-2-5-12-22)31(29)33-32(34)23-19-20-27-26-15-8-9-17-28(26)35(30(27)21-23)24-13-6-3-7-14-24/h2-21H,1H3. The summed E-state index contributed by atoms with van der Waals surface area (Å²) in [5, 5.41) is 2.51. The summed E-state index contributed by atoms with van der Waals surface area (Å²) in [6.45, 7) is 0. The summed E-state index contributed by atoms with van der Waals surface area (Å²) >= 11 is 0. The maximum atomic E-state index is 5.18. The van der Waals surface area contributed by atoms with Gasteiger partial charge in [-0.25, -0.2) is 4.98 Å². The van der Waals surface area contributed by atoms with E-state index in [0.717, 1.165) is 33.7 Å². The Bertz CT molecular complexity index is 1840. The number of imidazole rings is 1. The first-order valence-electron chi connectivity index (χ1n) is 11.9. The van der Waals surface area contributed by atoms with Gasteiger partial charge in [-0.3, -0.25) is 0 Å². The molecule has 0 atom stereocenters. The summed E-state index contributed by atoms with van der Waals surface area (Å²) in [6, 6.07) is 42.9. The molecule has 0 bridgehead atoms. The average Bonchev–Trinajstić information content (AvgIpc) is 3.44. The average molecular weight is 450 g/mol. The van der Waals surface area contributed by atoms with Crippen LogP contribution >= 0.6 is 0 Å². The number of benzene rings is 5. The molecule has 2 aromatic heterocycles. The van der Waals surface area contributed by atoms with Crippen LogP contribution in [-0.4, -0.2) is 14.1 Å². The largest absolute Gasteiger partial charge is 0.327 e. The van der Waals surface area contributed by atoms with E-state index in [1.165, 1.54) is 27.4 Å². The van der Waals surface area contributed by atoms with Crippen LogP contribution in [0.2, 0.25) is 0 Å². The molecule has 0 N–H and O–H groups in total. The third-order valence-corrected chi connectivity index (χ3v) is 6.94. The second kappa shape index (κ2) is 7.71. The zero-order valence-electron chi connectivity index (χ0n) is 19.4. The van der Waals surface area contributed by atoms with E-state index in [9.17, 15) is 0 Å². The molecular formula is C32H23N3. The van der Waals surface area contributed by atoms with Crippen LogP contribution in [-0.2, 0) is 7.05 Å². The number of aryl methyl sites for hydroxylation is 1. The molecule has 2 heterocycles. The second-order valence-electron chi connectivity index (χ2n) is 8.95. The van der Waals surface area contributed by atoms with Crippen molar-refractivity contribution in [2.24, 2.45) is 7.05 Å². The molecule has 0 amide bonds. The number of fused-ring (bicyclic) bond motifs is 4. The topological polar surface area (TPSA) is 22.8 Å². The van der Waals surface area contributed by atoms with Crippen molar-refractivity contribution in [3.8, 4) is 28.2 Å². The van der Waals surface area contributed by atoms with E-state index in [1.54, 1.807) is 0 Å². The lowest BCUT2D eigenvalue weighted by molar-refractivity contribution is 0.959. The van der Waals surface area contributed by atoms with Crippen molar-refractivity contribution < 1.29 is 0 Å². The quantitative estimate of drug-likeness (QED) is 0.268.